The summed E-state index contributed by atoms with van der Waals surface area (Å²) in [6.45, 7) is 2.96. The number of nitrogens with two attached hydrogens (primary N) is 1. The largest absolute Gasteiger partial charge is 0.396 e. The number of imide groups is 1. The van der Waals surface area contributed by atoms with Gasteiger partial charge in [-0.05, 0) is 150 Å². The van der Waals surface area contributed by atoms with Crippen LogP contribution >= 0.6 is 7.60 Å². The maximum atomic E-state index is 15.1. The molecule has 0 bridgehead atoms. The van der Waals surface area contributed by atoms with Gasteiger partial charge in [-0.15, -0.1) is 0 Å². The van der Waals surface area contributed by atoms with Gasteiger partial charge < -0.3 is 46.3 Å². The van der Waals surface area contributed by atoms with Crippen molar-refractivity contribution in [2.24, 2.45) is 24.6 Å². The number of carbonyl (C=O) groups is 9. The molecule has 9 N–H and O–H groups in total. The Balaban J connectivity index is 0.888. The van der Waals surface area contributed by atoms with E-state index in [9.17, 15) is 65.9 Å². The van der Waals surface area contributed by atoms with Crippen molar-refractivity contribution in [3.8, 4) is 0 Å². The van der Waals surface area contributed by atoms with Gasteiger partial charge in [-0.3, -0.25) is 62.2 Å². The van der Waals surface area contributed by atoms with Gasteiger partial charge in [-0.1, -0.05) is 18.2 Å². The summed E-state index contributed by atoms with van der Waals surface area (Å²) in [7, 11) is -7.04. The molecule has 448 valence electrons. The monoisotopic (exact) mass is 1200 g/mol. The van der Waals surface area contributed by atoms with Crippen LogP contribution < -0.4 is 32.7 Å². The van der Waals surface area contributed by atoms with Crippen LogP contribution in [0.4, 0.5) is 0 Å². The summed E-state index contributed by atoms with van der Waals surface area (Å²) < 4.78 is 40.0. The first-order valence-corrected chi connectivity index (χ1v) is 31.3. The molecule has 5 aromatic rings. The molecule has 25 nitrogen and oxygen atoms in total. The molecule has 0 spiro atoms. The maximum absolute atomic E-state index is 15.1. The summed E-state index contributed by atoms with van der Waals surface area (Å²) in [6.07, 6.45) is 4.63. The highest BCUT2D eigenvalue weighted by molar-refractivity contribution is 7.92. The second kappa shape index (κ2) is 24.8. The van der Waals surface area contributed by atoms with Gasteiger partial charge in [-0.25, -0.2) is 13.2 Å². The van der Waals surface area contributed by atoms with E-state index in [1.165, 1.54) is 50.4 Å². The molecular weight excluding hydrogens is 1130 g/mol. The van der Waals surface area contributed by atoms with Crippen LogP contribution in [0.5, 0.6) is 0 Å². The molecule has 4 fully saturated rings. The minimum Gasteiger partial charge on any atom is -0.370 e. The van der Waals surface area contributed by atoms with Crippen LogP contribution in [-0.2, 0) is 68.0 Å². The Labute approximate surface area is 482 Å². The van der Waals surface area contributed by atoms with E-state index in [0.717, 1.165) is 37.7 Å². The van der Waals surface area contributed by atoms with Gasteiger partial charge in [0.1, 0.15) is 29.9 Å². The zero-order valence-electron chi connectivity index (χ0n) is 46.7. The number of imidazole rings is 1. The molecule has 5 atom stereocenters. The third kappa shape index (κ3) is 13.3. The first-order valence-electron chi connectivity index (χ1n) is 28.1. The predicted octanol–water partition coefficient (Wildman–Crippen LogP) is 2.50. The summed E-state index contributed by atoms with van der Waals surface area (Å²) >= 11 is 0. The lowest BCUT2D eigenvalue weighted by Gasteiger charge is -2.39. The zero-order chi connectivity index (χ0) is 60.5. The molecule has 27 heteroatoms. The van der Waals surface area contributed by atoms with Crippen molar-refractivity contribution < 1.29 is 65.9 Å². The number of nitrogens with one attached hydrogen (secondary N) is 5. The van der Waals surface area contributed by atoms with E-state index >= 15 is 4.79 Å². The lowest BCUT2D eigenvalue weighted by molar-refractivity contribution is -0.146. The number of aromatic amines is 1. The topological polar surface area (TPSA) is 369 Å². The van der Waals surface area contributed by atoms with Gasteiger partial charge in [0.15, 0.2) is 9.84 Å². The van der Waals surface area contributed by atoms with Gasteiger partial charge in [0.25, 0.3) is 11.4 Å². The van der Waals surface area contributed by atoms with E-state index < -0.39 is 93.9 Å². The summed E-state index contributed by atoms with van der Waals surface area (Å²) in [4.78, 5) is 159. The predicted molar refractivity (Wildman–Crippen MR) is 304 cm³/mol. The molecule has 2 aromatic heterocycles. The number of carbonyl (C=O) groups excluding carboxylic acids is 9. The van der Waals surface area contributed by atoms with Crippen molar-refractivity contribution in [2.75, 3.05) is 13.1 Å². The van der Waals surface area contributed by atoms with E-state index in [4.69, 9.17) is 5.73 Å². The Kier molecular flexibility index (Phi) is 17.9. The molecule has 4 aliphatic rings. The van der Waals surface area contributed by atoms with Crippen molar-refractivity contribution in [3.05, 3.63) is 99.6 Å². The fourth-order valence-electron chi connectivity index (χ4n) is 12.1. The highest BCUT2D eigenvalue weighted by Crippen LogP contribution is 2.40. The highest BCUT2D eigenvalue weighted by atomic mass is 32.2. The fraction of sp³-hybridized carbons (Fsp3) is 0.474. The number of hydrogen-bond acceptors (Lipinski definition) is 13. The Hall–Kier alpha value is -7.80. The maximum Gasteiger partial charge on any atom is 0.396 e. The van der Waals surface area contributed by atoms with Gasteiger partial charge in [0, 0.05) is 68.5 Å². The Morgan fingerprint density at radius 3 is 2.21 bits per heavy atom. The number of fused-ring (bicyclic) bond motifs is 3. The number of nitrogens with zero attached hydrogens (tertiary/aromatic N) is 4. The molecule has 0 radical (unpaired) electrons. The third-order valence-corrected chi connectivity index (χ3v) is 19.8. The van der Waals surface area contributed by atoms with Gasteiger partial charge in [0.2, 0.25) is 41.4 Å². The molecule has 1 unspecified atom stereocenters. The van der Waals surface area contributed by atoms with Crippen molar-refractivity contribution in [1.29, 1.82) is 0 Å². The number of sulfone groups is 1. The normalized spacial score (nSPS) is 21.8. The van der Waals surface area contributed by atoms with Crippen molar-refractivity contribution >= 4 is 92.2 Å². The molecule has 5 heterocycles. The number of piperidine rings is 1. The minimum atomic E-state index is -5.14. The average molecular weight is 1200 g/mol. The first-order chi connectivity index (χ1) is 39.8. The van der Waals surface area contributed by atoms with Crippen molar-refractivity contribution in [3.63, 3.8) is 0 Å². The lowest BCUT2D eigenvalue weighted by Crippen LogP contribution is -2.62. The van der Waals surface area contributed by atoms with Crippen molar-refractivity contribution in [2.45, 2.75) is 144 Å². The summed E-state index contributed by atoms with van der Waals surface area (Å²) in [5, 5.41) is 10.1. The van der Waals surface area contributed by atoms with Crippen LogP contribution in [0.1, 0.15) is 129 Å². The SMILES string of the molecule is CC(C)S(=O)(=O)c1ccc(CNC(=O)[C@H](CCC(N)=O)NC(=O)[C@@H]2CC[C@@H]3CCN(C(=O)C[C@H]4CC[C@@H](Cc5ccc6c(c5)n(C)c(=O)n6C5CCC(=O)NC5=O)CC4)C[C@H](NC(=O)c4cc5cc(C(=O)P(=O)(O)O)ccc5[nH]4)C(=O)N32)cc1. The number of aromatic nitrogens is 3. The van der Waals surface area contributed by atoms with E-state index in [-0.39, 0.29) is 115 Å². The smallest absolute Gasteiger partial charge is 0.370 e. The molecule has 84 heavy (non-hydrogen) atoms. The van der Waals surface area contributed by atoms with E-state index in [1.54, 1.807) is 37.9 Å². The number of primary amides is 1. The molecule has 8 amide bonds. The second-order valence-electron chi connectivity index (χ2n) is 22.8. The molecule has 9 rings (SSSR count). The third-order valence-electron chi connectivity index (χ3n) is 16.8. The fourth-order valence-corrected chi connectivity index (χ4v) is 13.6. The molecule has 1 saturated carbocycles. The number of aryl methyl sites for hydroxylation is 1. The Morgan fingerprint density at radius 2 is 1.54 bits per heavy atom. The molecule has 3 aliphatic heterocycles. The van der Waals surface area contributed by atoms with Crippen LogP contribution in [-0.4, -0.2) is 137 Å². The number of benzene rings is 3. The van der Waals surface area contributed by atoms with Crippen LogP contribution in [0.15, 0.2) is 76.4 Å². The van der Waals surface area contributed by atoms with Crippen LogP contribution in [0.3, 0.4) is 0 Å². The van der Waals surface area contributed by atoms with Crippen LogP contribution in [0.2, 0.25) is 0 Å². The molecule has 3 aromatic carbocycles. The van der Waals surface area contributed by atoms with Crippen LogP contribution in [0.25, 0.3) is 21.9 Å². The molecule has 3 saturated heterocycles. The minimum absolute atomic E-state index is 0.00679. The summed E-state index contributed by atoms with van der Waals surface area (Å²) in [5.74, 6) is -4.43. The summed E-state index contributed by atoms with van der Waals surface area (Å²) in [6, 6.07) is 11.6. The van der Waals surface area contributed by atoms with E-state index in [1.807, 2.05) is 18.2 Å². The van der Waals surface area contributed by atoms with Crippen LogP contribution in [0, 0.1) is 11.8 Å². The van der Waals surface area contributed by atoms with E-state index in [0.29, 0.717) is 28.5 Å². The zero-order valence-corrected chi connectivity index (χ0v) is 48.4. The number of rotatable bonds is 19. The Morgan fingerprint density at radius 1 is 0.833 bits per heavy atom. The summed E-state index contributed by atoms with van der Waals surface area (Å²) in [5.41, 5.74) is 6.48. The molecular formula is C57H69N10O15PS. The van der Waals surface area contributed by atoms with Gasteiger partial charge >= 0.3 is 13.3 Å². The number of amides is 8. The molecule has 1 aliphatic carbocycles. The Bertz CT molecular complexity index is 3690. The highest BCUT2D eigenvalue weighted by Gasteiger charge is 2.46. The standard InChI is InChI=1S/C57H69N10O15PS/c1-31(2)84(81,82)39-13-8-34(9-14-39)29-59-51(71)41(16-20-48(58)68)61-53(73)45-18-12-38-22-23-65(30-43(55(75)66(38)45)62-52(72)42-28-37-27-36(11-15-40(37)60-42)56(76)83(78,79)80)50(70)26-33-6-4-32(5-7-33)24-35-10-17-44-47(25-35)64(3)57(77)67(44)46-19-21-49(69)63-54(46)74/h8-11,13-15,17,25,27-28,31-33,38,41,43,45-46,60H,4-7,12,16,18-24,26,29-30H2,1-3H3,(H2,58,68)(H,59,71)(H,61,73)(H,62,72)(H,63,69,74)(H2,78,79,80)/t32-,33+,38-,41+,43+,45+,46?/m1/s1. The lowest BCUT2D eigenvalue weighted by atomic mass is 9.78. The average Bonchev–Trinajstić information content (AvgIpc) is 2.37. The van der Waals surface area contributed by atoms with E-state index in [2.05, 4.69) is 26.3 Å². The van der Waals surface area contributed by atoms with Crippen molar-refractivity contribution in [1.82, 2.24) is 45.2 Å². The van der Waals surface area contributed by atoms with Gasteiger partial charge in [0.05, 0.1) is 21.2 Å². The van der Waals surface area contributed by atoms with Gasteiger partial charge in [-0.2, -0.15) is 0 Å². The first kappa shape index (κ1) is 60.8. The number of hydrogen-bond donors (Lipinski definition) is 8. The second-order valence-corrected chi connectivity index (χ2v) is 26.8. The number of H-pyrrole nitrogens is 1. The quantitative estimate of drug-likeness (QED) is 0.0435.